The minimum absolute atomic E-state index is 0.0448. The molecular formula is C14H20F3NO. The van der Waals surface area contributed by atoms with Crippen molar-refractivity contribution in [1.29, 1.82) is 0 Å². The van der Waals surface area contributed by atoms with E-state index in [1.807, 2.05) is 13.8 Å². The highest BCUT2D eigenvalue weighted by Gasteiger charge is 2.38. The van der Waals surface area contributed by atoms with Gasteiger partial charge >= 0.3 is 6.18 Å². The van der Waals surface area contributed by atoms with Gasteiger partial charge in [-0.15, -0.1) is 0 Å². The number of hydrogen-bond donors (Lipinski definition) is 1. The van der Waals surface area contributed by atoms with E-state index in [9.17, 15) is 13.2 Å². The van der Waals surface area contributed by atoms with Crippen molar-refractivity contribution in [3.8, 4) is 5.75 Å². The fourth-order valence-corrected chi connectivity index (χ4v) is 1.67. The monoisotopic (exact) mass is 275 g/mol. The maximum absolute atomic E-state index is 12.5. The molecule has 108 valence electrons. The van der Waals surface area contributed by atoms with Gasteiger partial charge in [0.15, 0.2) is 6.10 Å². The van der Waals surface area contributed by atoms with Crippen molar-refractivity contribution in [3.63, 3.8) is 0 Å². The van der Waals surface area contributed by atoms with Crippen LogP contribution >= 0.6 is 0 Å². The lowest BCUT2D eigenvalue weighted by Gasteiger charge is -2.22. The molecule has 2 unspecified atom stereocenters. The maximum Gasteiger partial charge on any atom is 0.425 e. The lowest BCUT2D eigenvalue weighted by molar-refractivity contribution is -0.189. The summed E-state index contributed by atoms with van der Waals surface area (Å²) < 4.78 is 42.6. The Morgan fingerprint density at radius 2 is 1.84 bits per heavy atom. The van der Waals surface area contributed by atoms with Crippen LogP contribution in [0.1, 0.15) is 38.8 Å². The highest BCUT2D eigenvalue weighted by molar-refractivity contribution is 5.35. The zero-order valence-corrected chi connectivity index (χ0v) is 11.4. The van der Waals surface area contributed by atoms with E-state index in [2.05, 4.69) is 5.32 Å². The predicted molar refractivity (Wildman–Crippen MR) is 69.3 cm³/mol. The zero-order chi connectivity index (χ0) is 14.5. The molecule has 0 aromatic heterocycles. The smallest absolute Gasteiger partial charge is 0.425 e. The number of rotatable bonds is 6. The van der Waals surface area contributed by atoms with Crippen molar-refractivity contribution in [2.75, 3.05) is 6.54 Å². The highest BCUT2D eigenvalue weighted by Crippen LogP contribution is 2.30. The molecule has 2 nitrogen and oxygen atoms in total. The van der Waals surface area contributed by atoms with Gasteiger partial charge < -0.3 is 10.1 Å². The van der Waals surface area contributed by atoms with Crippen LogP contribution in [0.5, 0.6) is 5.75 Å². The second-order valence-electron chi connectivity index (χ2n) is 4.52. The molecule has 0 saturated carbocycles. The summed E-state index contributed by atoms with van der Waals surface area (Å²) in [6.45, 7) is 5.77. The van der Waals surface area contributed by atoms with Crippen LogP contribution in [-0.2, 0) is 0 Å². The second kappa shape index (κ2) is 6.80. The number of nitrogens with one attached hydrogen (secondary N) is 1. The molecule has 0 aliphatic carbocycles. The van der Waals surface area contributed by atoms with E-state index in [4.69, 9.17) is 4.74 Å². The van der Waals surface area contributed by atoms with Crippen molar-refractivity contribution < 1.29 is 17.9 Å². The SMILES string of the molecule is CCCNC(C)c1ccccc1OC(C)C(F)(F)F. The summed E-state index contributed by atoms with van der Waals surface area (Å²) in [5.74, 6) is 0.281. The summed E-state index contributed by atoms with van der Waals surface area (Å²) in [5.41, 5.74) is 0.743. The summed E-state index contributed by atoms with van der Waals surface area (Å²) in [6.07, 6.45) is -5.20. The summed E-state index contributed by atoms with van der Waals surface area (Å²) in [7, 11) is 0. The normalized spacial score (nSPS) is 15.1. The molecule has 0 spiro atoms. The summed E-state index contributed by atoms with van der Waals surface area (Å²) in [5, 5.41) is 3.24. The first kappa shape index (κ1) is 15.8. The van der Waals surface area contributed by atoms with Gasteiger partial charge in [0, 0.05) is 11.6 Å². The first-order chi connectivity index (χ1) is 8.86. The van der Waals surface area contributed by atoms with Gasteiger partial charge in [0.1, 0.15) is 5.75 Å². The van der Waals surface area contributed by atoms with Crippen molar-refractivity contribution in [2.45, 2.75) is 45.5 Å². The third kappa shape index (κ3) is 4.74. The Kier molecular flexibility index (Phi) is 5.66. The Balaban J connectivity index is 2.84. The quantitative estimate of drug-likeness (QED) is 0.844. The van der Waals surface area contributed by atoms with Crippen LogP contribution in [0.25, 0.3) is 0 Å². The van der Waals surface area contributed by atoms with Crippen molar-refractivity contribution in [2.24, 2.45) is 0 Å². The first-order valence-corrected chi connectivity index (χ1v) is 6.42. The average molecular weight is 275 g/mol. The number of alkyl halides is 3. The molecule has 0 fully saturated rings. The van der Waals surface area contributed by atoms with Gasteiger partial charge in [0.2, 0.25) is 0 Å². The fourth-order valence-electron chi connectivity index (χ4n) is 1.67. The second-order valence-corrected chi connectivity index (χ2v) is 4.52. The van der Waals surface area contributed by atoms with Crippen molar-refractivity contribution in [1.82, 2.24) is 5.32 Å². The predicted octanol–water partition coefficient (Wildman–Crippen LogP) is 4.08. The Hall–Kier alpha value is -1.23. The number of halogens is 3. The fraction of sp³-hybridized carbons (Fsp3) is 0.571. The third-order valence-electron chi connectivity index (χ3n) is 2.85. The van der Waals surface area contributed by atoms with Crippen molar-refractivity contribution in [3.05, 3.63) is 29.8 Å². The van der Waals surface area contributed by atoms with Gasteiger partial charge in [-0.25, -0.2) is 0 Å². The zero-order valence-electron chi connectivity index (χ0n) is 11.4. The largest absolute Gasteiger partial charge is 0.481 e. The van der Waals surface area contributed by atoms with Gasteiger partial charge in [-0.1, -0.05) is 25.1 Å². The van der Waals surface area contributed by atoms with Gasteiger partial charge in [0.25, 0.3) is 0 Å². The molecule has 2 atom stereocenters. The van der Waals surface area contributed by atoms with E-state index in [-0.39, 0.29) is 11.8 Å². The summed E-state index contributed by atoms with van der Waals surface area (Å²) in [4.78, 5) is 0. The van der Waals surface area contributed by atoms with E-state index < -0.39 is 12.3 Å². The molecule has 1 N–H and O–H groups in total. The summed E-state index contributed by atoms with van der Waals surface area (Å²) >= 11 is 0. The standard InChI is InChI=1S/C14H20F3NO/c1-4-9-18-10(2)12-7-5-6-8-13(12)19-11(3)14(15,16)17/h5-8,10-11,18H,4,9H2,1-3H3. The lowest BCUT2D eigenvalue weighted by atomic mass is 10.1. The number of benzene rings is 1. The topological polar surface area (TPSA) is 21.3 Å². The first-order valence-electron chi connectivity index (χ1n) is 6.42. The van der Waals surface area contributed by atoms with Gasteiger partial charge in [0.05, 0.1) is 0 Å². The van der Waals surface area contributed by atoms with Crippen LogP contribution in [0.4, 0.5) is 13.2 Å². The van der Waals surface area contributed by atoms with Crippen molar-refractivity contribution >= 4 is 0 Å². The van der Waals surface area contributed by atoms with Crippen LogP contribution in [-0.4, -0.2) is 18.8 Å². The third-order valence-corrected chi connectivity index (χ3v) is 2.85. The molecule has 0 amide bonds. The molecule has 1 rings (SSSR count). The summed E-state index contributed by atoms with van der Waals surface area (Å²) in [6, 6.07) is 6.78. The van der Waals surface area contributed by atoms with E-state index in [0.717, 1.165) is 25.5 Å². The van der Waals surface area contributed by atoms with Gasteiger partial charge in [-0.05, 0) is 32.9 Å². The van der Waals surface area contributed by atoms with E-state index in [0.29, 0.717) is 0 Å². The highest BCUT2D eigenvalue weighted by atomic mass is 19.4. The maximum atomic E-state index is 12.5. The van der Waals surface area contributed by atoms with Crippen LogP contribution < -0.4 is 10.1 Å². The van der Waals surface area contributed by atoms with Crippen LogP contribution in [0.3, 0.4) is 0 Å². The minimum atomic E-state index is -4.35. The molecule has 19 heavy (non-hydrogen) atoms. The molecule has 0 heterocycles. The molecule has 0 bridgehead atoms. The Morgan fingerprint density at radius 1 is 1.21 bits per heavy atom. The number of ether oxygens (including phenoxy) is 1. The van der Waals surface area contributed by atoms with Gasteiger partial charge in [-0.3, -0.25) is 0 Å². The Morgan fingerprint density at radius 3 is 2.42 bits per heavy atom. The Bertz CT molecular complexity index is 393. The van der Waals surface area contributed by atoms with E-state index >= 15 is 0 Å². The van der Waals surface area contributed by atoms with Crippen LogP contribution in [0, 0.1) is 0 Å². The molecule has 0 aliphatic heterocycles. The van der Waals surface area contributed by atoms with Gasteiger partial charge in [-0.2, -0.15) is 13.2 Å². The van der Waals surface area contributed by atoms with E-state index in [1.54, 1.807) is 24.3 Å². The molecule has 0 radical (unpaired) electrons. The number of para-hydroxylation sites is 1. The lowest BCUT2D eigenvalue weighted by Crippen LogP contribution is -2.32. The molecular weight excluding hydrogens is 255 g/mol. The Labute approximate surface area is 112 Å². The van der Waals surface area contributed by atoms with E-state index in [1.165, 1.54) is 0 Å². The molecule has 1 aromatic rings. The number of hydrogen-bond acceptors (Lipinski definition) is 2. The van der Waals surface area contributed by atoms with Crippen LogP contribution in [0.2, 0.25) is 0 Å². The molecule has 5 heteroatoms. The van der Waals surface area contributed by atoms with Crippen LogP contribution in [0.15, 0.2) is 24.3 Å². The molecule has 0 saturated heterocycles. The molecule has 0 aliphatic rings. The average Bonchev–Trinajstić information content (AvgIpc) is 2.35. The minimum Gasteiger partial charge on any atom is -0.481 e. The molecule has 1 aromatic carbocycles.